The van der Waals surface area contributed by atoms with Gasteiger partial charge in [-0.25, -0.2) is 4.79 Å². The maximum atomic E-state index is 12.1. The number of carbonyl (C=O) groups excluding carboxylic acids is 2. The second-order valence-corrected chi connectivity index (χ2v) is 6.09. The van der Waals surface area contributed by atoms with Gasteiger partial charge in [0.15, 0.2) is 6.10 Å². The Morgan fingerprint density at radius 1 is 0.966 bits per heavy atom. The number of hydrogen-bond donors (Lipinski definition) is 1. The van der Waals surface area contributed by atoms with Crippen molar-refractivity contribution in [1.82, 2.24) is 5.32 Å². The van der Waals surface area contributed by atoms with Crippen LogP contribution in [0.25, 0.3) is 6.08 Å². The van der Waals surface area contributed by atoms with E-state index in [-0.39, 0.29) is 5.91 Å². The van der Waals surface area contributed by atoms with E-state index in [1.165, 1.54) is 20.1 Å². The number of esters is 1. The average molecular weight is 399 g/mol. The smallest absolute Gasteiger partial charge is 0.331 e. The van der Waals surface area contributed by atoms with Crippen molar-refractivity contribution in [3.8, 4) is 17.2 Å². The van der Waals surface area contributed by atoms with Crippen LogP contribution in [0.5, 0.6) is 17.2 Å². The highest BCUT2D eigenvalue weighted by atomic mass is 16.5. The van der Waals surface area contributed by atoms with E-state index < -0.39 is 12.1 Å². The van der Waals surface area contributed by atoms with Crippen LogP contribution in [-0.4, -0.2) is 39.3 Å². The van der Waals surface area contributed by atoms with Crippen molar-refractivity contribution in [3.63, 3.8) is 0 Å². The van der Waals surface area contributed by atoms with Crippen molar-refractivity contribution < 1.29 is 28.5 Å². The fourth-order valence-electron chi connectivity index (χ4n) is 2.46. The molecule has 0 bridgehead atoms. The summed E-state index contributed by atoms with van der Waals surface area (Å²) in [5.41, 5.74) is 1.59. The van der Waals surface area contributed by atoms with Gasteiger partial charge in [-0.3, -0.25) is 4.79 Å². The molecule has 0 unspecified atom stereocenters. The van der Waals surface area contributed by atoms with Crippen molar-refractivity contribution in [2.24, 2.45) is 0 Å². The summed E-state index contributed by atoms with van der Waals surface area (Å²) in [5.74, 6) is 0.921. The molecule has 0 heterocycles. The molecular weight excluding hydrogens is 374 g/mol. The summed E-state index contributed by atoms with van der Waals surface area (Å²) in [5, 5.41) is 2.73. The first kappa shape index (κ1) is 21.8. The number of methoxy groups -OCH3 is 3. The molecule has 7 heteroatoms. The van der Waals surface area contributed by atoms with Gasteiger partial charge in [0.25, 0.3) is 5.91 Å². The van der Waals surface area contributed by atoms with Crippen LogP contribution in [0.2, 0.25) is 0 Å². The van der Waals surface area contributed by atoms with Crippen molar-refractivity contribution in [3.05, 3.63) is 59.7 Å². The van der Waals surface area contributed by atoms with Crippen molar-refractivity contribution >= 4 is 18.0 Å². The van der Waals surface area contributed by atoms with Crippen LogP contribution in [0.3, 0.4) is 0 Å². The summed E-state index contributed by atoms with van der Waals surface area (Å²) in [6.45, 7) is 1.84. The van der Waals surface area contributed by atoms with E-state index >= 15 is 0 Å². The fraction of sp³-hybridized carbons (Fsp3) is 0.273. The van der Waals surface area contributed by atoms with E-state index in [1.807, 2.05) is 24.3 Å². The van der Waals surface area contributed by atoms with Gasteiger partial charge in [0.2, 0.25) is 0 Å². The van der Waals surface area contributed by atoms with Gasteiger partial charge in [-0.15, -0.1) is 0 Å². The quantitative estimate of drug-likeness (QED) is 0.516. The predicted octanol–water partition coefficient (Wildman–Crippen LogP) is 2.97. The number of nitrogens with one attached hydrogen (secondary N) is 1. The van der Waals surface area contributed by atoms with Crippen LogP contribution in [0.4, 0.5) is 0 Å². The molecular formula is C22H25NO6. The van der Waals surface area contributed by atoms with Crippen LogP contribution < -0.4 is 19.5 Å². The lowest BCUT2D eigenvalue weighted by Crippen LogP contribution is -2.35. The highest BCUT2D eigenvalue weighted by Crippen LogP contribution is 2.25. The van der Waals surface area contributed by atoms with Gasteiger partial charge >= 0.3 is 5.97 Å². The Morgan fingerprint density at radius 3 is 2.24 bits per heavy atom. The second-order valence-electron chi connectivity index (χ2n) is 6.09. The molecule has 0 radical (unpaired) electrons. The van der Waals surface area contributed by atoms with Gasteiger partial charge in [0.1, 0.15) is 17.2 Å². The molecule has 0 fully saturated rings. The van der Waals surface area contributed by atoms with E-state index in [1.54, 1.807) is 38.5 Å². The largest absolute Gasteiger partial charge is 0.497 e. The lowest BCUT2D eigenvalue weighted by Gasteiger charge is -2.12. The minimum atomic E-state index is -0.928. The van der Waals surface area contributed by atoms with Crippen LogP contribution >= 0.6 is 0 Å². The molecule has 2 rings (SSSR count). The van der Waals surface area contributed by atoms with Gasteiger partial charge in [0.05, 0.1) is 21.3 Å². The molecule has 0 aliphatic heterocycles. The number of hydrogen-bond acceptors (Lipinski definition) is 6. The summed E-state index contributed by atoms with van der Waals surface area (Å²) in [6.07, 6.45) is 1.88. The van der Waals surface area contributed by atoms with Crippen molar-refractivity contribution in [2.45, 2.75) is 19.6 Å². The first-order valence-electron chi connectivity index (χ1n) is 8.98. The van der Waals surface area contributed by atoms with Crippen LogP contribution in [-0.2, 0) is 20.9 Å². The molecule has 0 aliphatic rings. The Balaban J connectivity index is 1.87. The Kier molecular flexibility index (Phi) is 8.09. The third-order valence-electron chi connectivity index (χ3n) is 4.13. The van der Waals surface area contributed by atoms with Gasteiger partial charge < -0.3 is 24.3 Å². The Morgan fingerprint density at radius 2 is 1.62 bits per heavy atom. The third kappa shape index (κ3) is 6.57. The molecule has 7 nitrogen and oxygen atoms in total. The molecule has 0 aliphatic carbocycles. The van der Waals surface area contributed by atoms with Gasteiger partial charge in [-0.05, 0) is 42.8 Å². The maximum absolute atomic E-state index is 12.1. The van der Waals surface area contributed by atoms with E-state index in [4.69, 9.17) is 18.9 Å². The highest BCUT2D eigenvalue weighted by molar-refractivity contribution is 5.90. The van der Waals surface area contributed by atoms with Gasteiger partial charge in [-0.1, -0.05) is 12.1 Å². The summed E-state index contributed by atoms with van der Waals surface area (Å²) >= 11 is 0. The minimum absolute atomic E-state index is 0.323. The third-order valence-corrected chi connectivity index (χ3v) is 4.13. The highest BCUT2D eigenvalue weighted by Gasteiger charge is 2.16. The summed E-state index contributed by atoms with van der Waals surface area (Å²) in [7, 11) is 4.67. The average Bonchev–Trinajstić information content (AvgIpc) is 2.76. The Bertz CT molecular complexity index is 860. The second kappa shape index (κ2) is 10.8. The number of carbonyl (C=O) groups is 2. The van der Waals surface area contributed by atoms with E-state index in [9.17, 15) is 9.59 Å². The maximum Gasteiger partial charge on any atom is 0.331 e. The zero-order chi connectivity index (χ0) is 21.2. The fourth-order valence-corrected chi connectivity index (χ4v) is 2.46. The molecule has 1 amide bonds. The number of ether oxygens (including phenoxy) is 4. The first-order chi connectivity index (χ1) is 14.0. The minimum Gasteiger partial charge on any atom is -0.497 e. The molecule has 154 valence electrons. The van der Waals surface area contributed by atoms with E-state index in [0.29, 0.717) is 23.6 Å². The molecule has 1 N–H and O–H groups in total. The lowest BCUT2D eigenvalue weighted by molar-refractivity contribution is -0.150. The number of benzene rings is 2. The Hall–Kier alpha value is -3.48. The zero-order valence-electron chi connectivity index (χ0n) is 16.9. The molecule has 0 aromatic heterocycles. The molecule has 2 aromatic rings. The predicted molar refractivity (Wildman–Crippen MR) is 109 cm³/mol. The summed E-state index contributed by atoms with van der Waals surface area (Å²) in [4.78, 5) is 24.2. The van der Waals surface area contributed by atoms with Crippen molar-refractivity contribution in [1.29, 1.82) is 0 Å². The van der Waals surface area contributed by atoms with Crippen LogP contribution in [0, 0.1) is 0 Å². The van der Waals surface area contributed by atoms with Crippen molar-refractivity contribution in [2.75, 3.05) is 21.3 Å². The van der Waals surface area contributed by atoms with Gasteiger partial charge in [-0.2, -0.15) is 0 Å². The summed E-state index contributed by atoms with van der Waals surface area (Å²) < 4.78 is 20.7. The molecule has 29 heavy (non-hydrogen) atoms. The summed E-state index contributed by atoms with van der Waals surface area (Å²) in [6, 6.07) is 12.5. The topological polar surface area (TPSA) is 83.1 Å². The monoisotopic (exact) mass is 399 g/mol. The molecule has 0 saturated heterocycles. The number of amides is 1. The lowest BCUT2D eigenvalue weighted by atomic mass is 10.1. The van der Waals surface area contributed by atoms with Crippen LogP contribution in [0.15, 0.2) is 48.5 Å². The van der Waals surface area contributed by atoms with E-state index in [0.717, 1.165) is 11.3 Å². The number of rotatable bonds is 9. The molecule has 2 aromatic carbocycles. The molecule has 0 spiro atoms. The standard InChI is InChI=1S/C22H25NO6/c1-15(22(25)23-14-16-5-9-18(26-2)10-6-16)29-21(24)12-8-17-7-11-19(27-3)13-20(17)28-4/h5-13,15H,14H2,1-4H3,(H,23,25)/b12-8+/t15-/m1/s1. The normalized spacial score (nSPS) is 11.6. The zero-order valence-corrected chi connectivity index (χ0v) is 16.9. The Labute approximate surface area is 170 Å². The first-order valence-corrected chi connectivity index (χ1v) is 8.98. The molecule has 1 atom stereocenters. The van der Waals surface area contributed by atoms with Gasteiger partial charge in [0, 0.05) is 24.3 Å². The van der Waals surface area contributed by atoms with Crippen LogP contribution in [0.1, 0.15) is 18.1 Å². The molecule has 0 saturated carbocycles. The van der Waals surface area contributed by atoms with E-state index in [2.05, 4.69) is 5.32 Å². The SMILES string of the molecule is COc1ccc(CNC(=O)[C@@H](C)OC(=O)/C=C/c2ccc(OC)cc2OC)cc1.